The van der Waals surface area contributed by atoms with E-state index in [2.05, 4.69) is 10.3 Å². The van der Waals surface area contributed by atoms with E-state index < -0.39 is 5.97 Å². The summed E-state index contributed by atoms with van der Waals surface area (Å²) in [6, 6.07) is 4.76. The number of rotatable bonds is 5. The van der Waals surface area contributed by atoms with Crippen molar-refractivity contribution in [2.45, 2.75) is 26.5 Å². The first-order valence-corrected chi connectivity index (χ1v) is 5.80. The zero-order valence-electron chi connectivity index (χ0n) is 10.3. The second kappa shape index (κ2) is 5.14. The van der Waals surface area contributed by atoms with Gasteiger partial charge in [0.15, 0.2) is 0 Å². The molecule has 96 valence electrons. The van der Waals surface area contributed by atoms with E-state index in [0.717, 1.165) is 0 Å². The topological polar surface area (TPSA) is 77.2 Å². The molecular formula is C12H15N3O3. The molecule has 0 aliphatic rings. The number of aromatic carboxylic acids is 1. The van der Waals surface area contributed by atoms with Gasteiger partial charge in [-0.15, -0.1) is 5.10 Å². The van der Waals surface area contributed by atoms with Gasteiger partial charge in [-0.3, -0.25) is 0 Å². The van der Waals surface area contributed by atoms with Gasteiger partial charge in [0.1, 0.15) is 5.52 Å². The van der Waals surface area contributed by atoms with Crippen LogP contribution in [0.15, 0.2) is 18.2 Å². The molecule has 0 saturated heterocycles. The fourth-order valence-corrected chi connectivity index (χ4v) is 1.81. The predicted molar refractivity (Wildman–Crippen MR) is 65.6 cm³/mol. The number of hydrogen-bond acceptors (Lipinski definition) is 4. The van der Waals surface area contributed by atoms with E-state index >= 15 is 0 Å². The van der Waals surface area contributed by atoms with Crippen molar-refractivity contribution >= 4 is 17.0 Å². The first kappa shape index (κ1) is 12.5. The van der Waals surface area contributed by atoms with Gasteiger partial charge in [0.2, 0.25) is 0 Å². The second-order valence-electron chi connectivity index (χ2n) is 4.05. The molecule has 2 aromatic rings. The molecule has 0 fully saturated rings. The van der Waals surface area contributed by atoms with E-state index in [-0.39, 0.29) is 11.7 Å². The van der Waals surface area contributed by atoms with Crippen LogP contribution in [0.1, 0.15) is 24.2 Å². The molecule has 0 saturated carbocycles. The number of fused-ring (bicyclic) bond motifs is 1. The van der Waals surface area contributed by atoms with Gasteiger partial charge in [0, 0.05) is 6.61 Å². The van der Waals surface area contributed by atoms with Gasteiger partial charge < -0.3 is 9.84 Å². The quantitative estimate of drug-likeness (QED) is 0.870. The molecule has 0 aliphatic carbocycles. The summed E-state index contributed by atoms with van der Waals surface area (Å²) in [4.78, 5) is 10.9. The molecule has 0 aliphatic heterocycles. The number of carboxylic acid groups (broad SMARTS) is 1. The second-order valence-corrected chi connectivity index (χ2v) is 4.05. The van der Waals surface area contributed by atoms with Crippen LogP contribution in [0.4, 0.5) is 0 Å². The lowest BCUT2D eigenvalue weighted by Gasteiger charge is -2.11. The van der Waals surface area contributed by atoms with Crippen molar-refractivity contribution in [3.8, 4) is 0 Å². The van der Waals surface area contributed by atoms with Gasteiger partial charge in [-0.25, -0.2) is 9.48 Å². The van der Waals surface area contributed by atoms with E-state index in [0.29, 0.717) is 24.2 Å². The molecule has 0 amide bonds. The van der Waals surface area contributed by atoms with Gasteiger partial charge in [0.25, 0.3) is 0 Å². The highest BCUT2D eigenvalue weighted by Gasteiger charge is 2.11. The van der Waals surface area contributed by atoms with Crippen LogP contribution in [0.5, 0.6) is 0 Å². The van der Waals surface area contributed by atoms with E-state index in [4.69, 9.17) is 9.84 Å². The molecule has 1 atom stereocenters. The molecule has 18 heavy (non-hydrogen) atoms. The molecule has 0 bridgehead atoms. The maximum atomic E-state index is 10.9. The van der Waals surface area contributed by atoms with Crippen LogP contribution in [0.25, 0.3) is 11.0 Å². The third kappa shape index (κ3) is 2.48. The Hall–Kier alpha value is -1.95. The Morgan fingerprint density at radius 2 is 2.33 bits per heavy atom. The van der Waals surface area contributed by atoms with Crippen molar-refractivity contribution in [2.24, 2.45) is 0 Å². The third-order valence-corrected chi connectivity index (χ3v) is 2.64. The molecule has 2 rings (SSSR count). The fraction of sp³-hybridized carbons (Fsp3) is 0.417. The maximum absolute atomic E-state index is 10.9. The third-order valence-electron chi connectivity index (χ3n) is 2.64. The van der Waals surface area contributed by atoms with Crippen molar-refractivity contribution in [3.05, 3.63) is 23.8 Å². The van der Waals surface area contributed by atoms with Crippen LogP contribution in [0.2, 0.25) is 0 Å². The van der Waals surface area contributed by atoms with Gasteiger partial charge in [0.05, 0.1) is 23.7 Å². The first-order chi connectivity index (χ1) is 8.61. The van der Waals surface area contributed by atoms with Crippen molar-refractivity contribution in [1.82, 2.24) is 15.0 Å². The summed E-state index contributed by atoms with van der Waals surface area (Å²) < 4.78 is 7.11. The minimum atomic E-state index is -0.956. The number of hydrogen-bond donors (Lipinski definition) is 1. The number of benzene rings is 1. The number of nitrogens with zero attached hydrogens (tertiary/aromatic N) is 3. The largest absolute Gasteiger partial charge is 0.478 e. The average molecular weight is 249 g/mol. The highest BCUT2D eigenvalue weighted by atomic mass is 16.5. The van der Waals surface area contributed by atoms with E-state index in [1.54, 1.807) is 16.8 Å². The normalized spacial score (nSPS) is 12.8. The van der Waals surface area contributed by atoms with Crippen LogP contribution in [-0.2, 0) is 11.3 Å². The average Bonchev–Trinajstić information content (AvgIpc) is 2.72. The summed E-state index contributed by atoms with van der Waals surface area (Å²) in [5, 5.41) is 17.0. The molecule has 1 heterocycles. The van der Waals surface area contributed by atoms with E-state index in [9.17, 15) is 4.79 Å². The lowest BCUT2D eigenvalue weighted by Crippen LogP contribution is -2.17. The molecule has 1 N–H and O–H groups in total. The monoisotopic (exact) mass is 249 g/mol. The molecule has 1 aromatic carbocycles. The molecule has 1 unspecified atom stereocenters. The zero-order valence-corrected chi connectivity index (χ0v) is 10.3. The number of ether oxygens (including phenoxy) is 1. The van der Waals surface area contributed by atoms with E-state index in [1.165, 1.54) is 6.07 Å². The van der Waals surface area contributed by atoms with E-state index in [1.807, 2.05) is 13.8 Å². The Morgan fingerprint density at radius 3 is 3.00 bits per heavy atom. The van der Waals surface area contributed by atoms with Crippen molar-refractivity contribution in [2.75, 3.05) is 6.61 Å². The Morgan fingerprint density at radius 1 is 1.56 bits per heavy atom. The minimum absolute atomic E-state index is 0.00776. The molecule has 1 aromatic heterocycles. The number of carbonyl (C=O) groups is 1. The Labute approximate surface area is 104 Å². The molecule has 6 heteroatoms. The van der Waals surface area contributed by atoms with Gasteiger partial charge in [-0.05, 0) is 32.0 Å². The van der Waals surface area contributed by atoms with Gasteiger partial charge in [-0.2, -0.15) is 0 Å². The molecule has 0 spiro atoms. The molecule has 6 nitrogen and oxygen atoms in total. The summed E-state index contributed by atoms with van der Waals surface area (Å²) in [6.45, 7) is 5.05. The van der Waals surface area contributed by atoms with Crippen molar-refractivity contribution in [1.29, 1.82) is 0 Å². The summed E-state index contributed by atoms with van der Waals surface area (Å²) in [7, 11) is 0. The van der Waals surface area contributed by atoms with Crippen LogP contribution in [-0.4, -0.2) is 38.8 Å². The molecular weight excluding hydrogens is 234 g/mol. The van der Waals surface area contributed by atoms with Crippen LogP contribution in [0, 0.1) is 0 Å². The Balaban J connectivity index is 2.33. The summed E-state index contributed by atoms with van der Waals surface area (Å²) >= 11 is 0. The smallest absolute Gasteiger partial charge is 0.335 e. The highest BCUT2D eigenvalue weighted by Crippen LogP contribution is 2.14. The lowest BCUT2D eigenvalue weighted by molar-refractivity contribution is 0.0620. The number of aromatic nitrogens is 3. The zero-order chi connectivity index (χ0) is 13.1. The summed E-state index contributed by atoms with van der Waals surface area (Å²) in [5.41, 5.74) is 1.63. The maximum Gasteiger partial charge on any atom is 0.335 e. The predicted octanol–water partition coefficient (Wildman–Crippen LogP) is 1.55. The Bertz CT molecular complexity index is 565. The fourth-order valence-electron chi connectivity index (χ4n) is 1.81. The van der Waals surface area contributed by atoms with Crippen molar-refractivity contribution in [3.63, 3.8) is 0 Å². The Kier molecular flexibility index (Phi) is 3.57. The standard InChI is InChI=1S/C12H15N3O3/c1-3-18-8(2)7-15-11-6-9(12(16)17)4-5-10(11)13-14-15/h4-6,8H,3,7H2,1-2H3,(H,16,17). The minimum Gasteiger partial charge on any atom is -0.478 e. The van der Waals surface area contributed by atoms with Gasteiger partial charge >= 0.3 is 5.97 Å². The summed E-state index contributed by atoms with van der Waals surface area (Å²) in [5.74, 6) is -0.956. The highest BCUT2D eigenvalue weighted by molar-refractivity contribution is 5.92. The first-order valence-electron chi connectivity index (χ1n) is 5.80. The van der Waals surface area contributed by atoms with Crippen LogP contribution >= 0.6 is 0 Å². The van der Waals surface area contributed by atoms with Gasteiger partial charge in [-0.1, -0.05) is 5.21 Å². The SMILES string of the molecule is CCOC(C)Cn1nnc2ccc(C(=O)O)cc21. The van der Waals surface area contributed by atoms with Crippen LogP contribution < -0.4 is 0 Å². The lowest BCUT2D eigenvalue weighted by atomic mass is 10.2. The van der Waals surface area contributed by atoms with Crippen molar-refractivity contribution < 1.29 is 14.6 Å². The number of carboxylic acids is 1. The molecule has 0 radical (unpaired) electrons. The summed E-state index contributed by atoms with van der Waals surface area (Å²) in [6.07, 6.45) is 0.00776. The van der Waals surface area contributed by atoms with Crippen LogP contribution in [0.3, 0.4) is 0 Å².